The van der Waals surface area contributed by atoms with E-state index in [0.717, 1.165) is 0 Å². The minimum Gasteiger partial charge on any atom is -0.444 e. The quantitative estimate of drug-likeness (QED) is 0.815. The van der Waals surface area contributed by atoms with Crippen molar-refractivity contribution in [2.45, 2.75) is 26.4 Å². The Balaban J connectivity index is 2.83. The van der Waals surface area contributed by atoms with Crippen molar-refractivity contribution in [3.05, 3.63) is 29.6 Å². The number of amides is 1. The van der Waals surface area contributed by atoms with Crippen LogP contribution in [-0.2, 0) is 4.74 Å². The van der Waals surface area contributed by atoms with E-state index in [-0.39, 0.29) is 11.3 Å². The zero-order chi connectivity index (χ0) is 13.1. The number of carbonyl (C=O) groups excluding carboxylic acids is 1. The first-order valence-electron chi connectivity index (χ1n) is 5.02. The van der Waals surface area contributed by atoms with Crippen molar-refractivity contribution < 1.29 is 13.9 Å². The van der Waals surface area contributed by atoms with E-state index in [1.165, 1.54) is 18.2 Å². The Hall–Kier alpha value is -2.09. The number of ether oxygens (including phenoxy) is 1. The molecule has 1 rings (SSSR count). The summed E-state index contributed by atoms with van der Waals surface area (Å²) in [5, 5.41) is 10.9. The summed E-state index contributed by atoms with van der Waals surface area (Å²) in [6, 6.07) is 5.86. The van der Waals surface area contributed by atoms with Crippen LogP contribution in [0.4, 0.5) is 14.9 Å². The first kappa shape index (κ1) is 13.0. The third kappa shape index (κ3) is 3.76. The van der Waals surface area contributed by atoms with Crippen LogP contribution in [0.1, 0.15) is 26.3 Å². The second kappa shape index (κ2) is 4.83. The molecule has 0 aliphatic heterocycles. The van der Waals surface area contributed by atoms with Crippen molar-refractivity contribution in [3.8, 4) is 6.07 Å². The largest absolute Gasteiger partial charge is 0.444 e. The van der Waals surface area contributed by atoms with Crippen molar-refractivity contribution in [3.63, 3.8) is 0 Å². The molecule has 0 spiro atoms. The van der Waals surface area contributed by atoms with Gasteiger partial charge in [-0.2, -0.15) is 5.26 Å². The summed E-state index contributed by atoms with van der Waals surface area (Å²) < 4.78 is 18.5. The van der Waals surface area contributed by atoms with Crippen LogP contribution in [0, 0.1) is 17.1 Å². The van der Waals surface area contributed by atoms with Crippen LogP contribution in [0.15, 0.2) is 18.2 Å². The molecule has 1 amide bonds. The Bertz CT molecular complexity index is 472. The minimum absolute atomic E-state index is 0.0710. The van der Waals surface area contributed by atoms with Gasteiger partial charge >= 0.3 is 6.09 Å². The molecule has 0 aliphatic carbocycles. The number of nitrogens with zero attached hydrogens (tertiary/aromatic N) is 1. The summed E-state index contributed by atoms with van der Waals surface area (Å²) in [7, 11) is 0. The number of carbonyl (C=O) groups is 1. The second-order valence-corrected chi connectivity index (χ2v) is 4.41. The topological polar surface area (TPSA) is 62.1 Å². The van der Waals surface area contributed by atoms with Gasteiger partial charge < -0.3 is 4.74 Å². The van der Waals surface area contributed by atoms with Gasteiger partial charge in [-0.05, 0) is 32.9 Å². The SMILES string of the molecule is CC(C)(C)OC(=O)Nc1cccc(C#N)c1F. The van der Waals surface area contributed by atoms with Crippen LogP contribution >= 0.6 is 0 Å². The number of hydrogen-bond acceptors (Lipinski definition) is 3. The third-order valence-electron chi connectivity index (χ3n) is 1.75. The summed E-state index contributed by atoms with van der Waals surface area (Å²) in [6.07, 6.45) is -0.758. The normalized spacial score (nSPS) is 10.5. The number of anilines is 1. The first-order valence-corrected chi connectivity index (χ1v) is 5.02. The monoisotopic (exact) mass is 236 g/mol. The lowest BCUT2D eigenvalue weighted by Gasteiger charge is -2.19. The lowest BCUT2D eigenvalue weighted by Crippen LogP contribution is -2.27. The number of nitriles is 1. The predicted octanol–water partition coefficient (Wildman–Crippen LogP) is 3.04. The van der Waals surface area contributed by atoms with Gasteiger partial charge in [0.05, 0.1) is 11.3 Å². The summed E-state index contributed by atoms with van der Waals surface area (Å²) in [5.41, 5.74) is -0.857. The van der Waals surface area contributed by atoms with Crippen LogP contribution in [0.2, 0.25) is 0 Å². The standard InChI is InChI=1S/C12H13FN2O2/c1-12(2,3)17-11(16)15-9-6-4-5-8(7-14)10(9)13/h4-6H,1-3H3,(H,15,16). The number of rotatable bonds is 1. The molecule has 0 bridgehead atoms. The van der Waals surface area contributed by atoms with Crippen molar-refractivity contribution in [1.29, 1.82) is 5.26 Å². The van der Waals surface area contributed by atoms with Crippen molar-refractivity contribution in [2.75, 3.05) is 5.32 Å². The molecule has 0 atom stereocenters. The van der Waals surface area contributed by atoms with Gasteiger partial charge in [-0.1, -0.05) is 6.07 Å². The molecule has 0 aliphatic rings. The van der Waals surface area contributed by atoms with E-state index in [1.807, 2.05) is 0 Å². The van der Waals surface area contributed by atoms with Gasteiger partial charge in [0.1, 0.15) is 11.7 Å². The summed E-state index contributed by atoms with van der Waals surface area (Å²) in [6.45, 7) is 5.11. The molecule has 4 nitrogen and oxygen atoms in total. The van der Waals surface area contributed by atoms with E-state index in [2.05, 4.69) is 5.32 Å². The molecule has 1 N–H and O–H groups in total. The molecule has 5 heteroatoms. The van der Waals surface area contributed by atoms with Gasteiger partial charge in [-0.3, -0.25) is 5.32 Å². The van der Waals surface area contributed by atoms with Gasteiger partial charge in [0.25, 0.3) is 0 Å². The van der Waals surface area contributed by atoms with Gasteiger partial charge in [0, 0.05) is 0 Å². The van der Waals surface area contributed by atoms with Gasteiger partial charge in [0.15, 0.2) is 5.82 Å². The fraction of sp³-hybridized carbons (Fsp3) is 0.333. The molecule has 0 heterocycles. The molecular weight excluding hydrogens is 223 g/mol. The first-order chi connectivity index (χ1) is 7.83. The van der Waals surface area contributed by atoms with Crippen molar-refractivity contribution in [1.82, 2.24) is 0 Å². The maximum Gasteiger partial charge on any atom is 0.412 e. The molecule has 0 unspecified atom stereocenters. The molecule has 0 radical (unpaired) electrons. The maximum atomic E-state index is 13.6. The third-order valence-corrected chi connectivity index (χ3v) is 1.75. The van der Waals surface area contributed by atoms with Gasteiger partial charge in [-0.25, -0.2) is 9.18 Å². The zero-order valence-corrected chi connectivity index (χ0v) is 9.87. The Morgan fingerprint density at radius 1 is 1.47 bits per heavy atom. The highest BCUT2D eigenvalue weighted by molar-refractivity contribution is 5.85. The summed E-state index contributed by atoms with van der Waals surface area (Å²) in [4.78, 5) is 11.4. The molecule has 0 fully saturated rings. The Morgan fingerprint density at radius 3 is 2.65 bits per heavy atom. The molecular formula is C12H13FN2O2. The van der Waals surface area contributed by atoms with Crippen molar-refractivity contribution >= 4 is 11.8 Å². The highest BCUT2D eigenvalue weighted by Crippen LogP contribution is 2.18. The van der Waals surface area contributed by atoms with Crippen LogP contribution < -0.4 is 5.32 Å². The number of hydrogen-bond donors (Lipinski definition) is 1. The molecule has 0 saturated carbocycles. The highest BCUT2D eigenvalue weighted by atomic mass is 19.1. The van der Waals surface area contributed by atoms with Crippen LogP contribution in [0.3, 0.4) is 0 Å². The number of benzene rings is 1. The zero-order valence-electron chi connectivity index (χ0n) is 9.87. The van der Waals surface area contributed by atoms with E-state index in [9.17, 15) is 9.18 Å². The van der Waals surface area contributed by atoms with E-state index in [0.29, 0.717) is 0 Å². The van der Waals surface area contributed by atoms with Crippen molar-refractivity contribution in [2.24, 2.45) is 0 Å². The second-order valence-electron chi connectivity index (χ2n) is 4.41. The van der Waals surface area contributed by atoms with Gasteiger partial charge in [-0.15, -0.1) is 0 Å². The lowest BCUT2D eigenvalue weighted by atomic mass is 10.2. The Labute approximate surface area is 99.0 Å². The van der Waals surface area contributed by atoms with E-state index in [4.69, 9.17) is 10.00 Å². The molecule has 0 aromatic heterocycles. The molecule has 1 aromatic rings. The molecule has 1 aromatic carbocycles. The van der Waals surface area contributed by atoms with Crippen LogP contribution in [0.25, 0.3) is 0 Å². The number of halogens is 1. The number of nitrogens with one attached hydrogen (secondary N) is 1. The summed E-state index contributed by atoms with van der Waals surface area (Å²) >= 11 is 0. The predicted molar refractivity (Wildman–Crippen MR) is 61.0 cm³/mol. The summed E-state index contributed by atoms with van der Waals surface area (Å²) in [5.74, 6) is -0.763. The average Bonchev–Trinajstić information content (AvgIpc) is 2.18. The highest BCUT2D eigenvalue weighted by Gasteiger charge is 2.18. The smallest absolute Gasteiger partial charge is 0.412 e. The van der Waals surface area contributed by atoms with Gasteiger partial charge in [0.2, 0.25) is 0 Å². The maximum absolute atomic E-state index is 13.6. The molecule has 90 valence electrons. The lowest BCUT2D eigenvalue weighted by molar-refractivity contribution is 0.0635. The fourth-order valence-electron chi connectivity index (χ4n) is 1.13. The van der Waals surface area contributed by atoms with Crippen LogP contribution in [-0.4, -0.2) is 11.7 Å². The minimum atomic E-state index is -0.763. The van der Waals surface area contributed by atoms with E-state index >= 15 is 0 Å². The molecule has 0 saturated heterocycles. The van der Waals surface area contributed by atoms with E-state index in [1.54, 1.807) is 26.8 Å². The Kier molecular flexibility index (Phi) is 3.69. The average molecular weight is 236 g/mol. The fourth-order valence-corrected chi connectivity index (χ4v) is 1.13. The van der Waals surface area contributed by atoms with E-state index < -0.39 is 17.5 Å². The molecule has 17 heavy (non-hydrogen) atoms. The van der Waals surface area contributed by atoms with Crippen LogP contribution in [0.5, 0.6) is 0 Å². The Morgan fingerprint density at radius 2 is 2.12 bits per heavy atom.